The Morgan fingerprint density at radius 3 is 2.67 bits per heavy atom. The predicted octanol–water partition coefficient (Wildman–Crippen LogP) is 5.16. The van der Waals surface area contributed by atoms with Crippen molar-refractivity contribution in [1.29, 1.82) is 0 Å². The van der Waals surface area contributed by atoms with Crippen LogP contribution < -0.4 is 16.2 Å². The second kappa shape index (κ2) is 10.2. The molecule has 0 unspecified atom stereocenters. The molecule has 2 heterocycles. The fraction of sp³-hybridized carbons (Fsp3) is 0.481. The van der Waals surface area contributed by atoms with Crippen LogP contribution in [0.3, 0.4) is 0 Å². The maximum atomic E-state index is 13.0. The summed E-state index contributed by atoms with van der Waals surface area (Å²) in [7, 11) is 1.86. The van der Waals surface area contributed by atoms with Crippen molar-refractivity contribution >= 4 is 33.2 Å². The van der Waals surface area contributed by atoms with E-state index >= 15 is 0 Å². The van der Waals surface area contributed by atoms with Gasteiger partial charge < -0.3 is 10.6 Å². The van der Waals surface area contributed by atoms with Crippen LogP contribution in [0, 0.1) is 23.2 Å². The van der Waals surface area contributed by atoms with E-state index in [2.05, 4.69) is 71.4 Å². The quantitative estimate of drug-likeness (QED) is 0.438. The van der Waals surface area contributed by atoms with Crippen molar-refractivity contribution in [2.75, 3.05) is 10.6 Å². The molecule has 0 radical (unpaired) electrons. The minimum absolute atomic E-state index is 0.187. The van der Waals surface area contributed by atoms with Crippen molar-refractivity contribution in [1.82, 2.24) is 19.6 Å². The van der Waals surface area contributed by atoms with E-state index in [9.17, 15) is 9.59 Å². The average molecular weight is 556 g/mol. The number of anilines is 2. The maximum Gasteiger partial charge on any atom is 0.283 e. The normalized spacial score (nSPS) is 23.3. The Morgan fingerprint density at radius 1 is 1.22 bits per heavy atom. The van der Waals surface area contributed by atoms with Gasteiger partial charge in [0.05, 0.1) is 17.6 Å². The molecule has 4 rings (SSSR count). The number of nitrogens with one attached hydrogen (secondary N) is 2. The highest BCUT2D eigenvalue weighted by Crippen LogP contribution is 2.48. The maximum absolute atomic E-state index is 13.0. The Bertz CT molecular complexity index is 1310. The van der Waals surface area contributed by atoms with Crippen molar-refractivity contribution in [3.63, 3.8) is 0 Å². The number of hydrogen-bond donors (Lipinski definition) is 2. The smallest absolute Gasteiger partial charge is 0.283 e. The molecule has 0 saturated heterocycles. The highest BCUT2D eigenvalue weighted by Gasteiger charge is 2.43. The fourth-order valence-corrected chi connectivity index (χ4v) is 5.53. The van der Waals surface area contributed by atoms with Gasteiger partial charge in [-0.1, -0.05) is 46.8 Å². The molecule has 36 heavy (non-hydrogen) atoms. The van der Waals surface area contributed by atoms with Crippen molar-refractivity contribution in [3.8, 4) is 11.3 Å². The first kappa shape index (κ1) is 26.1. The van der Waals surface area contributed by atoms with E-state index in [-0.39, 0.29) is 29.5 Å². The summed E-state index contributed by atoms with van der Waals surface area (Å²) < 4.78 is 3.29. The van der Waals surface area contributed by atoms with E-state index in [0.29, 0.717) is 33.6 Å². The molecule has 0 aliphatic heterocycles. The van der Waals surface area contributed by atoms with Gasteiger partial charge in [0.25, 0.3) is 5.56 Å². The third-order valence-electron chi connectivity index (χ3n) is 8.25. The molecule has 1 fully saturated rings. The minimum Gasteiger partial charge on any atom is -0.380 e. The van der Waals surface area contributed by atoms with Gasteiger partial charge in [0.15, 0.2) is 0 Å². The number of nitrogens with zero attached hydrogens (tertiary/aromatic N) is 4. The number of carbonyl (C=O) groups is 1. The van der Waals surface area contributed by atoms with Gasteiger partial charge in [-0.05, 0) is 63.7 Å². The molecule has 192 valence electrons. The lowest BCUT2D eigenvalue weighted by atomic mass is 9.58. The fourth-order valence-electron chi connectivity index (χ4n) is 5.10. The van der Waals surface area contributed by atoms with E-state index in [1.807, 2.05) is 37.5 Å². The molecule has 1 aliphatic carbocycles. The van der Waals surface area contributed by atoms with Gasteiger partial charge in [-0.3, -0.25) is 14.3 Å². The minimum atomic E-state index is -0.345. The number of amides is 1. The largest absolute Gasteiger partial charge is 0.380 e. The number of hydrogen-bond acceptors (Lipinski definition) is 5. The molecule has 2 N–H and O–H groups in total. The summed E-state index contributed by atoms with van der Waals surface area (Å²) in [5.74, 6) is 1.19. The Labute approximate surface area is 220 Å². The molecule has 0 bridgehead atoms. The van der Waals surface area contributed by atoms with Gasteiger partial charge in [0.1, 0.15) is 11.0 Å². The van der Waals surface area contributed by atoms with Crippen LogP contribution in [0.15, 0.2) is 52.0 Å². The number of aromatic nitrogens is 4. The van der Waals surface area contributed by atoms with Crippen LogP contribution in [-0.2, 0) is 18.4 Å². The van der Waals surface area contributed by atoms with Crippen LogP contribution in [0.5, 0.6) is 0 Å². The molecule has 3 aromatic rings. The third-order valence-corrected chi connectivity index (χ3v) is 9.02. The summed E-state index contributed by atoms with van der Waals surface area (Å²) in [5, 5.41) is 15.1. The molecular formula is C27H35BrN6O2. The first-order chi connectivity index (χ1) is 17.0. The number of aryl methyl sites for hydroxylation is 1. The lowest BCUT2D eigenvalue weighted by molar-refractivity contribution is -0.117. The first-order valence-corrected chi connectivity index (χ1v) is 13.2. The van der Waals surface area contributed by atoms with E-state index in [4.69, 9.17) is 0 Å². The highest BCUT2D eigenvalue weighted by molar-refractivity contribution is 9.10. The lowest BCUT2D eigenvalue weighted by Crippen LogP contribution is -2.48. The second-order valence-corrected chi connectivity index (χ2v) is 11.5. The SMILES string of the molecule is C[C@@H]1[C@@H](C)C(C)(C)[C@@H](C)C[C@H]1Nc1cnn(CC(=O)Nc2cccc(-c3ccn(C)n3)c2)c(=O)c1Br. The van der Waals surface area contributed by atoms with Gasteiger partial charge in [-0.15, -0.1) is 0 Å². The van der Waals surface area contributed by atoms with Gasteiger partial charge in [0.2, 0.25) is 5.91 Å². The number of halogens is 1. The van der Waals surface area contributed by atoms with Crippen molar-refractivity contribution < 1.29 is 4.79 Å². The van der Waals surface area contributed by atoms with Crippen LogP contribution in [-0.4, -0.2) is 31.5 Å². The molecular weight excluding hydrogens is 520 g/mol. The summed E-state index contributed by atoms with van der Waals surface area (Å²) >= 11 is 3.45. The molecule has 8 nitrogen and oxygen atoms in total. The molecule has 1 saturated carbocycles. The van der Waals surface area contributed by atoms with E-state index < -0.39 is 0 Å². The summed E-state index contributed by atoms with van der Waals surface area (Å²) in [6.45, 7) is 11.4. The average Bonchev–Trinajstić information content (AvgIpc) is 3.27. The van der Waals surface area contributed by atoms with Crippen molar-refractivity contribution in [2.45, 2.75) is 53.6 Å². The second-order valence-electron chi connectivity index (χ2n) is 10.7. The summed E-state index contributed by atoms with van der Waals surface area (Å²) in [5.41, 5.74) is 2.92. The van der Waals surface area contributed by atoms with Crippen molar-refractivity contribution in [3.05, 3.63) is 57.6 Å². The van der Waals surface area contributed by atoms with Crippen LogP contribution >= 0.6 is 15.9 Å². The number of rotatable bonds is 6. The van der Waals surface area contributed by atoms with E-state index in [0.717, 1.165) is 17.7 Å². The van der Waals surface area contributed by atoms with Crippen LogP contribution in [0.4, 0.5) is 11.4 Å². The van der Waals surface area contributed by atoms with Crippen LogP contribution in [0.25, 0.3) is 11.3 Å². The zero-order valence-corrected chi connectivity index (χ0v) is 23.3. The lowest BCUT2D eigenvalue weighted by Gasteiger charge is -2.50. The first-order valence-electron chi connectivity index (χ1n) is 12.4. The molecule has 0 spiro atoms. The number of carbonyl (C=O) groups excluding carboxylic acids is 1. The van der Waals surface area contributed by atoms with Gasteiger partial charge in [-0.25, -0.2) is 4.68 Å². The Balaban J connectivity index is 1.44. The third kappa shape index (κ3) is 5.26. The highest BCUT2D eigenvalue weighted by atomic mass is 79.9. The summed E-state index contributed by atoms with van der Waals surface area (Å²) in [6, 6.07) is 9.60. The molecule has 2 aromatic heterocycles. The Morgan fingerprint density at radius 2 is 1.97 bits per heavy atom. The van der Waals surface area contributed by atoms with E-state index in [1.54, 1.807) is 16.9 Å². The predicted molar refractivity (Wildman–Crippen MR) is 147 cm³/mol. The van der Waals surface area contributed by atoms with Gasteiger partial charge >= 0.3 is 0 Å². The molecule has 9 heteroatoms. The summed E-state index contributed by atoms with van der Waals surface area (Å²) in [4.78, 5) is 25.7. The Hall–Kier alpha value is -2.94. The van der Waals surface area contributed by atoms with Gasteiger partial charge in [0, 0.05) is 30.5 Å². The zero-order valence-electron chi connectivity index (χ0n) is 21.7. The monoisotopic (exact) mass is 554 g/mol. The number of benzene rings is 1. The Kier molecular flexibility index (Phi) is 7.41. The summed E-state index contributed by atoms with van der Waals surface area (Å²) in [6.07, 6.45) is 4.52. The van der Waals surface area contributed by atoms with Crippen LogP contribution in [0.1, 0.15) is 41.0 Å². The standard InChI is InChI=1S/C27H35BrN6O2/c1-16-12-22(17(2)18(3)27(16,4)5)31-23-14-29-34(26(36)25(23)28)15-24(35)30-20-9-7-8-19(13-20)21-10-11-33(6)32-21/h7-11,13-14,16-18,22,31H,12,15H2,1-6H3,(H,30,35)/t16-,17+,18+,22+/m0/s1. The molecule has 1 aliphatic rings. The van der Waals surface area contributed by atoms with E-state index in [1.165, 1.54) is 4.68 Å². The van der Waals surface area contributed by atoms with Gasteiger partial charge in [-0.2, -0.15) is 10.2 Å². The molecule has 1 aromatic carbocycles. The van der Waals surface area contributed by atoms with Crippen LogP contribution in [0.2, 0.25) is 0 Å². The molecule has 1 amide bonds. The topological polar surface area (TPSA) is 93.8 Å². The van der Waals surface area contributed by atoms with Crippen molar-refractivity contribution in [2.24, 2.45) is 30.2 Å². The molecule has 4 atom stereocenters. The zero-order chi connectivity index (χ0) is 26.2.